The number of esters is 1. The van der Waals surface area contributed by atoms with E-state index in [1.165, 1.54) is 14.2 Å². The van der Waals surface area contributed by atoms with E-state index in [2.05, 4.69) is 0 Å². The van der Waals surface area contributed by atoms with E-state index in [1.54, 1.807) is 37.3 Å². The highest BCUT2D eigenvalue weighted by Gasteiger charge is 2.25. The van der Waals surface area contributed by atoms with Gasteiger partial charge < -0.3 is 14.2 Å². The van der Waals surface area contributed by atoms with Crippen LogP contribution in [-0.2, 0) is 4.74 Å². The number of carbonyl (C=O) groups excluding carboxylic acids is 2. The first kappa shape index (κ1) is 18.5. The van der Waals surface area contributed by atoms with E-state index >= 15 is 0 Å². The molecule has 5 heteroatoms. The molecule has 0 aliphatic heterocycles. The van der Waals surface area contributed by atoms with Gasteiger partial charge in [-0.3, -0.25) is 4.79 Å². The molecule has 0 aromatic heterocycles. The van der Waals surface area contributed by atoms with Crippen molar-refractivity contribution in [3.63, 3.8) is 0 Å². The predicted octanol–water partition coefficient (Wildman–Crippen LogP) is 3.75. The van der Waals surface area contributed by atoms with Crippen molar-refractivity contribution in [2.24, 2.45) is 0 Å². The second-order valence-electron chi connectivity index (χ2n) is 5.75. The van der Waals surface area contributed by atoms with Gasteiger partial charge >= 0.3 is 5.97 Å². The molecule has 2 rings (SSSR count). The van der Waals surface area contributed by atoms with E-state index in [4.69, 9.17) is 14.2 Å². The molecule has 2 aromatic carbocycles. The Morgan fingerprint density at radius 1 is 0.920 bits per heavy atom. The van der Waals surface area contributed by atoms with Crippen LogP contribution < -0.4 is 9.47 Å². The molecule has 0 spiro atoms. The Kier molecular flexibility index (Phi) is 5.80. The van der Waals surface area contributed by atoms with Crippen molar-refractivity contribution >= 4 is 11.8 Å². The summed E-state index contributed by atoms with van der Waals surface area (Å²) in [6, 6.07) is 10.4. The van der Waals surface area contributed by atoms with Gasteiger partial charge in [-0.1, -0.05) is 18.2 Å². The van der Waals surface area contributed by atoms with Crippen LogP contribution in [0.1, 0.15) is 38.8 Å². The predicted molar refractivity (Wildman–Crippen MR) is 94.7 cm³/mol. The van der Waals surface area contributed by atoms with Crippen molar-refractivity contribution in [3.8, 4) is 11.5 Å². The number of benzene rings is 2. The van der Waals surface area contributed by atoms with Gasteiger partial charge in [-0.25, -0.2) is 4.79 Å². The third-order valence-corrected chi connectivity index (χ3v) is 4.08. The molecule has 132 valence electrons. The first-order valence-electron chi connectivity index (χ1n) is 7.92. The van der Waals surface area contributed by atoms with Gasteiger partial charge in [-0.15, -0.1) is 0 Å². The molecule has 25 heavy (non-hydrogen) atoms. The highest BCUT2D eigenvalue weighted by molar-refractivity contribution is 6.02. The van der Waals surface area contributed by atoms with Crippen LogP contribution >= 0.6 is 0 Å². The lowest BCUT2D eigenvalue weighted by Gasteiger charge is -2.16. The van der Waals surface area contributed by atoms with E-state index in [-0.39, 0.29) is 11.3 Å². The number of rotatable bonds is 6. The second-order valence-corrected chi connectivity index (χ2v) is 5.75. The molecule has 0 radical (unpaired) electrons. The zero-order chi connectivity index (χ0) is 18.6. The summed E-state index contributed by atoms with van der Waals surface area (Å²) in [5, 5.41) is 0. The van der Waals surface area contributed by atoms with Crippen LogP contribution in [-0.4, -0.2) is 32.1 Å². The van der Waals surface area contributed by atoms with E-state index < -0.39 is 12.1 Å². The quantitative estimate of drug-likeness (QED) is 0.591. The maximum absolute atomic E-state index is 12.5. The van der Waals surface area contributed by atoms with Gasteiger partial charge in [0.15, 0.2) is 6.10 Å². The zero-order valence-corrected chi connectivity index (χ0v) is 15.1. The Labute approximate surface area is 147 Å². The van der Waals surface area contributed by atoms with Gasteiger partial charge in [0.1, 0.15) is 17.1 Å². The van der Waals surface area contributed by atoms with Gasteiger partial charge in [0.25, 0.3) is 0 Å². The fourth-order valence-corrected chi connectivity index (χ4v) is 2.45. The first-order valence-corrected chi connectivity index (χ1v) is 7.92. The number of ketones is 1. The molecular weight excluding hydrogens is 320 g/mol. The number of Topliss-reactive ketones (excluding diaryl/α,β-unsaturated/α-hetero) is 1. The molecule has 0 aliphatic rings. The van der Waals surface area contributed by atoms with E-state index in [1.807, 2.05) is 19.9 Å². The molecule has 0 saturated heterocycles. The summed E-state index contributed by atoms with van der Waals surface area (Å²) in [7, 11) is 2.91. The number of ether oxygens (including phenoxy) is 3. The average Bonchev–Trinajstić information content (AvgIpc) is 2.62. The number of carbonyl (C=O) groups is 2. The lowest BCUT2D eigenvalue weighted by atomic mass is 10.0. The number of hydrogen-bond acceptors (Lipinski definition) is 5. The van der Waals surface area contributed by atoms with Crippen LogP contribution in [0.2, 0.25) is 0 Å². The molecule has 1 unspecified atom stereocenters. The van der Waals surface area contributed by atoms with Crippen molar-refractivity contribution in [2.45, 2.75) is 26.9 Å². The fourth-order valence-electron chi connectivity index (χ4n) is 2.45. The van der Waals surface area contributed by atoms with Crippen molar-refractivity contribution in [1.29, 1.82) is 0 Å². The van der Waals surface area contributed by atoms with Crippen molar-refractivity contribution < 1.29 is 23.8 Å². The summed E-state index contributed by atoms with van der Waals surface area (Å²) in [5.74, 6) is -0.269. The normalized spacial score (nSPS) is 11.6. The molecular formula is C20H22O5. The summed E-state index contributed by atoms with van der Waals surface area (Å²) in [4.78, 5) is 25.1. The molecule has 0 heterocycles. The highest BCUT2D eigenvalue weighted by atomic mass is 16.6. The minimum atomic E-state index is -0.927. The van der Waals surface area contributed by atoms with E-state index in [9.17, 15) is 9.59 Å². The van der Waals surface area contributed by atoms with Crippen LogP contribution in [0.25, 0.3) is 0 Å². The van der Waals surface area contributed by atoms with Crippen LogP contribution in [0.4, 0.5) is 0 Å². The van der Waals surface area contributed by atoms with Crippen molar-refractivity contribution in [3.05, 3.63) is 58.7 Å². The number of aryl methyl sites for hydroxylation is 2. The molecule has 0 saturated carbocycles. The van der Waals surface area contributed by atoms with Gasteiger partial charge in [-0.05, 0) is 50.1 Å². The third kappa shape index (κ3) is 3.99. The summed E-state index contributed by atoms with van der Waals surface area (Å²) < 4.78 is 15.8. The Morgan fingerprint density at radius 2 is 1.52 bits per heavy atom. The third-order valence-electron chi connectivity index (χ3n) is 4.08. The first-order chi connectivity index (χ1) is 11.9. The summed E-state index contributed by atoms with van der Waals surface area (Å²) in [5.41, 5.74) is 2.78. The largest absolute Gasteiger partial charge is 0.496 e. The van der Waals surface area contributed by atoms with Crippen LogP contribution in [0, 0.1) is 13.8 Å². The standard InChI is InChI=1S/C20H22O5/c1-12-9-10-15(11-13(12)2)19(21)14(3)25-20(22)18-16(23-4)7-6-8-17(18)24-5/h6-11,14H,1-5H3. The van der Waals surface area contributed by atoms with Crippen LogP contribution in [0.15, 0.2) is 36.4 Å². The smallest absolute Gasteiger partial charge is 0.346 e. The van der Waals surface area contributed by atoms with E-state index in [0.717, 1.165) is 11.1 Å². The molecule has 0 aliphatic carbocycles. The second kappa shape index (κ2) is 7.83. The number of hydrogen-bond donors (Lipinski definition) is 0. The minimum absolute atomic E-state index is 0.159. The molecule has 0 fully saturated rings. The molecule has 5 nitrogen and oxygen atoms in total. The van der Waals surface area contributed by atoms with Crippen LogP contribution in [0.5, 0.6) is 11.5 Å². The Hall–Kier alpha value is -2.82. The molecule has 0 N–H and O–H groups in total. The van der Waals surface area contributed by atoms with E-state index in [0.29, 0.717) is 17.1 Å². The summed E-state index contributed by atoms with van der Waals surface area (Å²) in [6.07, 6.45) is -0.927. The lowest BCUT2D eigenvalue weighted by molar-refractivity contribution is 0.0312. The minimum Gasteiger partial charge on any atom is -0.496 e. The van der Waals surface area contributed by atoms with Crippen LogP contribution in [0.3, 0.4) is 0 Å². The Bertz CT molecular complexity index is 772. The maximum atomic E-state index is 12.5. The van der Waals surface area contributed by atoms with Gasteiger partial charge in [0.05, 0.1) is 14.2 Å². The summed E-state index contributed by atoms with van der Waals surface area (Å²) >= 11 is 0. The van der Waals surface area contributed by atoms with Gasteiger partial charge in [-0.2, -0.15) is 0 Å². The molecule has 0 bridgehead atoms. The highest BCUT2D eigenvalue weighted by Crippen LogP contribution is 2.29. The van der Waals surface area contributed by atoms with Gasteiger partial charge in [0.2, 0.25) is 5.78 Å². The van der Waals surface area contributed by atoms with Crippen molar-refractivity contribution in [2.75, 3.05) is 14.2 Å². The monoisotopic (exact) mass is 342 g/mol. The molecule has 2 aromatic rings. The van der Waals surface area contributed by atoms with Gasteiger partial charge in [0, 0.05) is 5.56 Å². The summed E-state index contributed by atoms with van der Waals surface area (Å²) in [6.45, 7) is 5.46. The SMILES string of the molecule is COc1cccc(OC)c1C(=O)OC(C)C(=O)c1ccc(C)c(C)c1. The number of methoxy groups -OCH3 is 2. The topological polar surface area (TPSA) is 61.8 Å². The lowest BCUT2D eigenvalue weighted by Crippen LogP contribution is -2.25. The molecule has 1 atom stereocenters. The molecule has 0 amide bonds. The maximum Gasteiger partial charge on any atom is 0.346 e. The fraction of sp³-hybridized carbons (Fsp3) is 0.300. The van der Waals surface area contributed by atoms with Crippen molar-refractivity contribution in [1.82, 2.24) is 0 Å². The Balaban J connectivity index is 2.23. The average molecular weight is 342 g/mol. The Morgan fingerprint density at radius 3 is 2.04 bits per heavy atom. The zero-order valence-electron chi connectivity index (χ0n) is 15.1.